The van der Waals surface area contributed by atoms with Crippen LogP contribution in [-0.4, -0.2) is 35.1 Å². The van der Waals surface area contributed by atoms with Gasteiger partial charge in [0.05, 0.1) is 18.4 Å². The fourth-order valence-electron chi connectivity index (χ4n) is 4.01. The highest BCUT2D eigenvalue weighted by molar-refractivity contribution is 5.98. The van der Waals surface area contributed by atoms with Crippen LogP contribution in [0.5, 0.6) is 5.75 Å². The Morgan fingerprint density at radius 3 is 2.62 bits per heavy atom. The van der Waals surface area contributed by atoms with Crippen molar-refractivity contribution in [2.75, 3.05) is 17.7 Å². The van der Waals surface area contributed by atoms with Crippen molar-refractivity contribution in [3.05, 3.63) is 59.8 Å². The van der Waals surface area contributed by atoms with Gasteiger partial charge < -0.3 is 26.8 Å². The van der Waals surface area contributed by atoms with Gasteiger partial charge in [0, 0.05) is 29.5 Å². The van der Waals surface area contributed by atoms with Gasteiger partial charge in [-0.1, -0.05) is 12.8 Å². The quantitative estimate of drug-likeness (QED) is 0.413. The Morgan fingerprint density at radius 2 is 1.88 bits per heavy atom. The first kappa shape index (κ1) is 23.4. The molecule has 2 atom stereocenters. The van der Waals surface area contributed by atoms with Crippen molar-refractivity contribution in [1.82, 2.24) is 9.97 Å². The number of halogens is 2. The van der Waals surface area contributed by atoms with E-state index in [2.05, 4.69) is 20.6 Å². The van der Waals surface area contributed by atoms with Crippen LogP contribution in [0.2, 0.25) is 0 Å². The lowest BCUT2D eigenvalue weighted by Gasteiger charge is -2.30. The molecule has 2 aromatic heterocycles. The fraction of sp³-hybridized carbons (Fsp3) is 0.292. The third-order valence-electron chi connectivity index (χ3n) is 5.86. The molecule has 34 heavy (non-hydrogen) atoms. The average molecular weight is 469 g/mol. The van der Waals surface area contributed by atoms with Crippen LogP contribution in [0.1, 0.15) is 36.0 Å². The van der Waals surface area contributed by atoms with Gasteiger partial charge in [-0.05, 0) is 49.2 Å². The highest BCUT2D eigenvalue weighted by atomic mass is 19.1. The van der Waals surface area contributed by atoms with E-state index in [9.17, 15) is 13.6 Å². The summed E-state index contributed by atoms with van der Waals surface area (Å²) in [6, 6.07) is 8.31. The number of hydrogen-bond acceptors (Lipinski definition) is 7. The number of anilines is 3. The highest BCUT2D eigenvalue weighted by Gasteiger charge is 2.24. The second kappa shape index (κ2) is 10.0. The molecule has 0 radical (unpaired) electrons. The number of pyridine rings is 2. The van der Waals surface area contributed by atoms with Crippen LogP contribution in [0.4, 0.5) is 26.1 Å². The summed E-state index contributed by atoms with van der Waals surface area (Å²) in [6.45, 7) is 0. The van der Waals surface area contributed by atoms with Crippen molar-refractivity contribution < 1.29 is 18.3 Å². The van der Waals surface area contributed by atoms with E-state index in [4.69, 9.17) is 16.2 Å². The van der Waals surface area contributed by atoms with Crippen LogP contribution >= 0.6 is 0 Å². The number of primary amides is 1. The van der Waals surface area contributed by atoms with Gasteiger partial charge in [-0.2, -0.15) is 0 Å². The first-order valence-corrected chi connectivity index (χ1v) is 10.9. The number of nitrogens with two attached hydrogens (primary N) is 2. The van der Waals surface area contributed by atoms with Crippen LogP contribution in [0.3, 0.4) is 0 Å². The molecule has 1 aromatic carbocycles. The van der Waals surface area contributed by atoms with Gasteiger partial charge in [0.2, 0.25) is 0 Å². The molecular weight excluding hydrogens is 442 g/mol. The molecule has 178 valence electrons. The molecule has 1 fully saturated rings. The number of nitrogens with one attached hydrogen (secondary N) is 2. The monoisotopic (exact) mass is 468 g/mol. The summed E-state index contributed by atoms with van der Waals surface area (Å²) in [5, 5.41) is 6.05. The molecule has 1 unspecified atom stereocenters. The van der Waals surface area contributed by atoms with Gasteiger partial charge in [-0.25, -0.2) is 13.8 Å². The number of carbonyl (C=O) groups excluding carboxylic acids is 1. The number of hydrogen-bond donors (Lipinski definition) is 4. The Morgan fingerprint density at radius 1 is 1.09 bits per heavy atom. The van der Waals surface area contributed by atoms with E-state index in [-0.39, 0.29) is 34.8 Å². The molecule has 0 saturated heterocycles. The normalized spacial score (nSPS) is 17.8. The van der Waals surface area contributed by atoms with Crippen molar-refractivity contribution in [3.63, 3.8) is 0 Å². The Bertz CT molecular complexity index is 1210. The van der Waals surface area contributed by atoms with E-state index in [0.717, 1.165) is 31.7 Å². The molecule has 2 heterocycles. The Balaban J connectivity index is 1.66. The summed E-state index contributed by atoms with van der Waals surface area (Å²) in [5.74, 6) is -1.51. The van der Waals surface area contributed by atoms with Crippen LogP contribution < -0.4 is 26.8 Å². The molecule has 1 aliphatic carbocycles. The number of aromatic nitrogens is 2. The van der Waals surface area contributed by atoms with E-state index in [1.807, 2.05) is 0 Å². The van der Waals surface area contributed by atoms with E-state index in [1.54, 1.807) is 12.1 Å². The van der Waals surface area contributed by atoms with Crippen LogP contribution in [0, 0.1) is 11.6 Å². The van der Waals surface area contributed by atoms with Crippen LogP contribution in [-0.2, 0) is 0 Å². The predicted molar refractivity (Wildman–Crippen MR) is 126 cm³/mol. The number of ether oxygens (including phenoxy) is 1. The maximum absolute atomic E-state index is 14.7. The number of rotatable bonds is 7. The molecular formula is C24H26F2N6O2. The minimum atomic E-state index is -0.845. The number of amides is 1. The lowest BCUT2D eigenvalue weighted by atomic mass is 9.91. The maximum Gasteiger partial charge on any atom is 0.252 e. The number of methoxy groups -OCH3 is 1. The summed E-state index contributed by atoms with van der Waals surface area (Å²) < 4.78 is 34.3. The largest absolute Gasteiger partial charge is 0.497 e. The van der Waals surface area contributed by atoms with Crippen molar-refractivity contribution in [1.29, 1.82) is 0 Å². The van der Waals surface area contributed by atoms with E-state index in [0.29, 0.717) is 17.1 Å². The SMILES string of the molecule is COc1ccc(F)c(-c2cc(Nc3nc(NC4CCCC[C@@H]4N)c(F)cc3C(N)=O)ccn2)c1. The second-order valence-corrected chi connectivity index (χ2v) is 8.18. The third-order valence-corrected chi connectivity index (χ3v) is 5.86. The van der Waals surface area contributed by atoms with E-state index < -0.39 is 17.5 Å². The standard InChI is InChI=1S/C24H26F2N6O2/c1-34-14-6-7-17(25)15(11-14)21-10-13(8-9-29-21)30-23-16(22(28)33)12-18(26)24(32-23)31-20-5-3-2-4-19(20)27/h6-12,19-20H,2-5,27H2,1H3,(H2,28,33)(H2,29,30,31,32)/t19-,20?/m0/s1. The summed E-state index contributed by atoms with van der Waals surface area (Å²) in [4.78, 5) is 20.5. The van der Waals surface area contributed by atoms with Crippen molar-refractivity contribution in [2.45, 2.75) is 37.8 Å². The lowest BCUT2D eigenvalue weighted by Crippen LogP contribution is -2.43. The zero-order valence-electron chi connectivity index (χ0n) is 18.6. The third kappa shape index (κ3) is 5.07. The van der Waals surface area contributed by atoms with E-state index in [1.165, 1.54) is 31.5 Å². The number of benzene rings is 1. The van der Waals surface area contributed by atoms with Gasteiger partial charge in [-0.15, -0.1) is 0 Å². The Labute approximate surface area is 195 Å². The Kier molecular flexibility index (Phi) is 6.87. The molecule has 0 bridgehead atoms. The zero-order valence-corrected chi connectivity index (χ0v) is 18.6. The minimum Gasteiger partial charge on any atom is -0.497 e. The molecule has 0 aliphatic heterocycles. The molecule has 6 N–H and O–H groups in total. The summed E-state index contributed by atoms with van der Waals surface area (Å²) in [6.07, 6.45) is 5.12. The van der Waals surface area contributed by atoms with E-state index >= 15 is 0 Å². The first-order valence-electron chi connectivity index (χ1n) is 10.9. The average Bonchev–Trinajstić information content (AvgIpc) is 2.82. The first-order chi connectivity index (χ1) is 16.4. The van der Waals surface area contributed by atoms with Gasteiger partial charge in [0.15, 0.2) is 11.6 Å². The van der Waals surface area contributed by atoms with Gasteiger partial charge in [-0.3, -0.25) is 9.78 Å². The zero-order chi connectivity index (χ0) is 24.2. The maximum atomic E-state index is 14.7. The molecule has 1 amide bonds. The van der Waals surface area contributed by atoms with Crippen molar-refractivity contribution in [2.24, 2.45) is 11.5 Å². The summed E-state index contributed by atoms with van der Waals surface area (Å²) in [7, 11) is 1.49. The summed E-state index contributed by atoms with van der Waals surface area (Å²) >= 11 is 0. The number of nitrogens with zero attached hydrogens (tertiary/aromatic N) is 2. The highest BCUT2D eigenvalue weighted by Crippen LogP contribution is 2.30. The smallest absolute Gasteiger partial charge is 0.252 e. The van der Waals surface area contributed by atoms with Crippen LogP contribution in [0.15, 0.2) is 42.6 Å². The molecule has 1 aliphatic rings. The molecule has 1 saturated carbocycles. The van der Waals surface area contributed by atoms with Crippen molar-refractivity contribution in [3.8, 4) is 17.0 Å². The molecule has 3 aromatic rings. The topological polar surface area (TPSA) is 128 Å². The minimum absolute atomic E-state index is 0.0250. The Hall–Kier alpha value is -3.79. The predicted octanol–water partition coefficient (Wildman–Crippen LogP) is 3.95. The molecule has 0 spiro atoms. The van der Waals surface area contributed by atoms with Gasteiger partial charge in [0.1, 0.15) is 17.4 Å². The number of carbonyl (C=O) groups is 1. The van der Waals surface area contributed by atoms with Gasteiger partial charge >= 0.3 is 0 Å². The molecule has 10 heteroatoms. The molecule has 8 nitrogen and oxygen atoms in total. The summed E-state index contributed by atoms with van der Waals surface area (Å²) in [5.41, 5.74) is 12.5. The van der Waals surface area contributed by atoms with Gasteiger partial charge in [0.25, 0.3) is 5.91 Å². The fourth-order valence-corrected chi connectivity index (χ4v) is 4.01. The lowest BCUT2D eigenvalue weighted by molar-refractivity contribution is 0.100. The second-order valence-electron chi connectivity index (χ2n) is 8.18. The van der Waals surface area contributed by atoms with Crippen LogP contribution in [0.25, 0.3) is 11.3 Å². The van der Waals surface area contributed by atoms with Crippen molar-refractivity contribution >= 4 is 23.2 Å². The molecule has 4 rings (SSSR count).